The van der Waals surface area contributed by atoms with Crippen LogP contribution in [-0.4, -0.2) is 25.8 Å². The number of sulfone groups is 1. The van der Waals surface area contributed by atoms with Crippen molar-refractivity contribution in [2.45, 2.75) is 29.8 Å². The molecular weight excluding hydrogens is 325 g/mol. The predicted molar refractivity (Wildman–Crippen MR) is 82.4 cm³/mol. The van der Waals surface area contributed by atoms with Crippen molar-refractivity contribution in [3.05, 3.63) is 34.6 Å². The summed E-state index contributed by atoms with van der Waals surface area (Å²) in [6.07, 6.45) is 1.80. The van der Waals surface area contributed by atoms with E-state index in [9.17, 15) is 12.8 Å². The number of ether oxygens (including phenoxy) is 1. The van der Waals surface area contributed by atoms with E-state index in [0.29, 0.717) is 35.6 Å². The summed E-state index contributed by atoms with van der Waals surface area (Å²) in [6, 6.07) is 4.63. The minimum absolute atomic E-state index is 0.317. The van der Waals surface area contributed by atoms with Crippen molar-refractivity contribution in [1.29, 1.82) is 0 Å². The molecule has 3 heterocycles. The number of fused-ring (bicyclic) bond motifs is 4. The summed E-state index contributed by atoms with van der Waals surface area (Å²) in [5.74, 6) is 0.0116. The lowest BCUT2D eigenvalue weighted by Gasteiger charge is -2.18. The second-order valence-corrected chi connectivity index (χ2v) is 9.07. The molecule has 2 aliphatic heterocycles. The van der Waals surface area contributed by atoms with E-state index in [1.165, 1.54) is 24.5 Å². The number of thiazole rings is 1. The molecule has 0 spiro atoms. The van der Waals surface area contributed by atoms with Gasteiger partial charge in [-0.3, -0.25) is 0 Å². The van der Waals surface area contributed by atoms with E-state index in [-0.39, 0.29) is 5.25 Å². The summed E-state index contributed by atoms with van der Waals surface area (Å²) < 4.78 is 44.1. The molecule has 116 valence electrons. The first-order valence-corrected chi connectivity index (χ1v) is 9.50. The van der Waals surface area contributed by atoms with E-state index in [2.05, 4.69) is 4.98 Å². The van der Waals surface area contributed by atoms with E-state index in [0.717, 1.165) is 10.6 Å². The maximum absolute atomic E-state index is 14.2. The number of hydrogen-bond acceptors (Lipinski definition) is 5. The van der Waals surface area contributed by atoms with Crippen LogP contribution >= 0.6 is 11.3 Å². The highest BCUT2D eigenvalue weighted by atomic mass is 32.2. The first kappa shape index (κ1) is 14.1. The van der Waals surface area contributed by atoms with E-state index in [4.69, 9.17) is 4.74 Å². The Balaban J connectivity index is 1.88. The second-order valence-electron chi connectivity index (χ2n) is 5.63. The van der Waals surface area contributed by atoms with Crippen LogP contribution in [0, 0.1) is 5.82 Å². The van der Waals surface area contributed by atoms with Crippen LogP contribution in [0.2, 0.25) is 0 Å². The molecule has 1 fully saturated rings. The summed E-state index contributed by atoms with van der Waals surface area (Å²) >= 11 is 1.28. The predicted octanol–water partition coefficient (Wildman–Crippen LogP) is 3.13. The van der Waals surface area contributed by atoms with Crippen molar-refractivity contribution in [3.8, 4) is 16.3 Å². The van der Waals surface area contributed by atoms with Crippen molar-refractivity contribution < 1.29 is 17.5 Å². The Morgan fingerprint density at radius 3 is 2.95 bits per heavy atom. The number of aromatic nitrogens is 1. The van der Waals surface area contributed by atoms with Gasteiger partial charge in [0.25, 0.3) is 0 Å². The molecule has 2 unspecified atom stereocenters. The van der Waals surface area contributed by atoms with E-state index < -0.39 is 20.9 Å². The zero-order valence-electron chi connectivity index (χ0n) is 11.9. The van der Waals surface area contributed by atoms with Gasteiger partial charge < -0.3 is 4.74 Å². The Morgan fingerprint density at radius 2 is 2.18 bits per heavy atom. The van der Waals surface area contributed by atoms with Crippen LogP contribution < -0.4 is 4.74 Å². The molecule has 2 bridgehead atoms. The molecular formula is C15H14FNO3S2. The van der Waals surface area contributed by atoms with Crippen molar-refractivity contribution in [2.24, 2.45) is 0 Å². The van der Waals surface area contributed by atoms with Gasteiger partial charge in [-0.05, 0) is 25.0 Å². The van der Waals surface area contributed by atoms with Crippen LogP contribution in [0.3, 0.4) is 0 Å². The van der Waals surface area contributed by atoms with Crippen molar-refractivity contribution in [1.82, 2.24) is 4.98 Å². The lowest BCUT2D eigenvalue weighted by Crippen LogP contribution is -2.25. The molecule has 0 radical (unpaired) electrons. The average molecular weight is 339 g/mol. The molecule has 1 saturated heterocycles. The Kier molecular flexibility index (Phi) is 3.06. The Labute approximate surface area is 131 Å². The molecule has 0 amide bonds. The number of hydrogen-bond donors (Lipinski definition) is 0. The van der Waals surface area contributed by atoms with Crippen LogP contribution in [0.15, 0.2) is 18.2 Å². The normalized spacial score (nSPS) is 25.0. The lowest BCUT2D eigenvalue weighted by atomic mass is 10.2. The fourth-order valence-electron chi connectivity index (χ4n) is 3.36. The monoisotopic (exact) mass is 339 g/mol. The minimum atomic E-state index is -3.09. The summed E-state index contributed by atoms with van der Waals surface area (Å²) in [6.45, 7) is 0. The molecule has 1 aromatic carbocycles. The largest absolute Gasteiger partial charge is 0.496 e. The highest BCUT2D eigenvalue weighted by Gasteiger charge is 2.48. The first-order valence-electron chi connectivity index (χ1n) is 7.07. The van der Waals surface area contributed by atoms with Gasteiger partial charge in [-0.1, -0.05) is 6.07 Å². The lowest BCUT2D eigenvalue weighted by molar-refractivity contribution is 0.413. The topological polar surface area (TPSA) is 56.3 Å². The van der Waals surface area contributed by atoms with Crippen LogP contribution in [0.4, 0.5) is 4.39 Å². The highest BCUT2D eigenvalue weighted by Crippen LogP contribution is 2.50. The smallest absolute Gasteiger partial charge is 0.161 e. The fraction of sp³-hybridized carbons (Fsp3) is 0.400. The quantitative estimate of drug-likeness (QED) is 0.843. The third-order valence-corrected chi connectivity index (χ3v) is 8.44. The minimum Gasteiger partial charge on any atom is -0.496 e. The summed E-state index contributed by atoms with van der Waals surface area (Å²) in [5.41, 5.74) is 1.13. The standard InChI is InChI=1S/C15H14FNO3S2/c1-20-11-4-2-3-9(16)13(11)15-17-10-7-8-5-6-12(14(10)21-15)22(8,18)19/h2-4,8,12H,5-7H2,1H3. The summed E-state index contributed by atoms with van der Waals surface area (Å²) in [5, 5.41) is -0.268. The molecule has 1 aromatic heterocycles. The molecule has 4 nitrogen and oxygen atoms in total. The molecule has 2 aliphatic rings. The maximum Gasteiger partial charge on any atom is 0.161 e. The Bertz CT molecular complexity index is 860. The molecule has 7 heteroatoms. The molecule has 0 aliphatic carbocycles. The SMILES string of the molecule is COc1cccc(F)c1-c1nc2c(s1)C1CCC(C2)S1(=O)=O. The van der Waals surface area contributed by atoms with Gasteiger partial charge in [0.05, 0.1) is 28.9 Å². The highest BCUT2D eigenvalue weighted by molar-refractivity contribution is 7.92. The Hall–Kier alpha value is -1.47. The van der Waals surface area contributed by atoms with Crippen LogP contribution in [-0.2, 0) is 16.3 Å². The van der Waals surface area contributed by atoms with Gasteiger partial charge in [0.2, 0.25) is 0 Å². The summed E-state index contributed by atoms with van der Waals surface area (Å²) in [7, 11) is -1.61. The Morgan fingerprint density at radius 1 is 1.36 bits per heavy atom. The van der Waals surface area contributed by atoms with Gasteiger partial charge in [-0.25, -0.2) is 17.8 Å². The molecule has 2 atom stereocenters. The number of nitrogens with zero attached hydrogens (tertiary/aromatic N) is 1. The first-order chi connectivity index (χ1) is 10.5. The van der Waals surface area contributed by atoms with Gasteiger partial charge >= 0.3 is 0 Å². The fourth-order valence-corrected chi connectivity index (χ4v) is 7.29. The van der Waals surface area contributed by atoms with Crippen molar-refractivity contribution in [2.75, 3.05) is 7.11 Å². The second kappa shape index (κ2) is 4.76. The third-order valence-electron chi connectivity index (χ3n) is 4.46. The van der Waals surface area contributed by atoms with Gasteiger partial charge in [0.1, 0.15) is 16.6 Å². The number of benzene rings is 1. The third kappa shape index (κ3) is 1.85. The van der Waals surface area contributed by atoms with E-state index in [1.54, 1.807) is 12.1 Å². The number of rotatable bonds is 2. The van der Waals surface area contributed by atoms with Crippen LogP contribution in [0.1, 0.15) is 28.7 Å². The average Bonchev–Trinajstić information content (AvgIpc) is 2.95. The molecule has 22 heavy (non-hydrogen) atoms. The number of halogens is 1. The van der Waals surface area contributed by atoms with E-state index >= 15 is 0 Å². The van der Waals surface area contributed by atoms with Crippen LogP contribution in [0.5, 0.6) is 5.75 Å². The zero-order valence-corrected chi connectivity index (χ0v) is 13.5. The maximum atomic E-state index is 14.2. The van der Waals surface area contributed by atoms with Crippen molar-refractivity contribution >= 4 is 21.2 Å². The summed E-state index contributed by atoms with van der Waals surface area (Å²) in [4.78, 5) is 5.32. The number of methoxy groups -OCH3 is 1. The van der Waals surface area contributed by atoms with Gasteiger partial charge in [-0.2, -0.15) is 0 Å². The van der Waals surface area contributed by atoms with Gasteiger partial charge in [-0.15, -0.1) is 11.3 Å². The van der Waals surface area contributed by atoms with E-state index in [1.807, 2.05) is 0 Å². The van der Waals surface area contributed by atoms with Gasteiger partial charge in [0, 0.05) is 11.3 Å². The molecule has 0 saturated carbocycles. The van der Waals surface area contributed by atoms with Crippen molar-refractivity contribution in [3.63, 3.8) is 0 Å². The molecule has 0 N–H and O–H groups in total. The zero-order chi connectivity index (χ0) is 15.5. The molecule has 4 rings (SSSR count). The van der Waals surface area contributed by atoms with Gasteiger partial charge in [0.15, 0.2) is 9.84 Å². The van der Waals surface area contributed by atoms with Crippen LogP contribution in [0.25, 0.3) is 10.6 Å². The molecule has 2 aromatic rings.